The molecule has 2 aromatic rings. The highest BCUT2D eigenvalue weighted by molar-refractivity contribution is 5.79. The van der Waals surface area contributed by atoms with Gasteiger partial charge in [0.1, 0.15) is 0 Å². The van der Waals surface area contributed by atoms with Gasteiger partial charge in [0, 0.05) is 39.8 Å². The number of hydrogen-bond acceptors (Lipinski definition) is 3. The molecule has 3 rings (SSSR count). The molecule has 2 aromatic carbocycles. The molecule has 2 N–H and O–H groups in total. The van der Waals surface area contributed by atoms with Crippen molar-refractivity contribution in [3.05, 3.63) is 71.3 Å². The van der Waals surface area contributed by atoms with E-state index in [-0.39, 0.29) is 0 Å². The first-order valence-corrected chi connectivity index (χ1v) is 11.2. The number of aliphatic imine (C=N–C) groups is 1. The fourth-order valence-electron chi connectivity index (χ4n) is 3.83. The van der Waals surface area contributed by atoms with Crippen LogP contribution in [0, 0.1) is 0 Å². The number of hydrogen-bond donors (Lipinski definition) is 2. The number of guanidine groups is 1. The number of nitrogens with zero attached hydrogens (tertiary/aromatic N) is 3. The number of likely N-dealkylation sites (N-methyl/N-ethyl adjacent to an activating group) is 1. The van der Waals surface area contributed by atoms with Gasteiger partial charge in [-0.25, -0.2) is 0 Å². The van der Waals surface area contributed by atoms with E-state index in [1.165, 1.54) is 42.7 Å². The average molecular weight is 408 g/mol. The summed E-state index contributed by atoms with van der Waals surface area (Å²) in [6, 6.07) is 19.6. The monoisotopic (exact) mass is 407 g/mol. The Hall–Kier alpha value is -2.37. The van der Waals surface area contributed by atoms with E-state index in [1.54, 1.807) is 0 Å². The lowest BCUT2D eigenvalue weighted by Gasteiger charge is -2.20. The minimum absolute atomic E-state index is 0.785. The minimum atomic E-state index is 0.785. The van der Waals surface area contributed by atoms with Crippen LogP contribution in [0.15, 0.2) is 59.6 Å². The van der Waals surface area contributed by atoms with Crippen LogP contribution >= 0.6 is 0 Å². The first-order chi connectivity index (χ1) is 14.7. The van der Waals surface area contributed by atoms with Gasteiger partial charge < -0.3 is 15.5 Å². The van der Waals surface area contributed by atoms with Crippen molar-refractivity contribution in [1.82, 2.24) is 20.4 Å². The summed E-state index contributed by atoms with van der Waals surface area (Å²) >= 11 is 0. The molecular formula is C25H37N5. The first kappa shape index (κ1) is 22.3. The summed E-state index contributed by atoms with van der Waals surface area (Å²) in [7, 11) is 4.05. The van der Waals surface area contributed by atoms with E-state index >= 15 is 0 Å². The summed E-state index contributed by atoms with van der Waals surface area (Å²) in [5, 5.41) is 6.83. The molecule has 0 atom stereocenters. The largest absolute Gasteiger partial charge is 0.356 e. The molecule has 162 valence electrons. The van der Waals surface area contributed by atoms with Gasteiger partial charge in [0.05, 0.1) is 0 Å². The van der Waals surface area contributed by atoms with Crippen LogP contribution in [0.1, 0.15) is 29.5 Å². The maximum Gasteiger partial charge on any atom is 0.191 e. The molecule has 0 saturated carbocycles. The third-order valence-electron chi connectivity index (χ3n) is 5.70. The Labute approximate surface area is 182 Å². The highest BCUT2D eigenvalue weighted by Crippen LogP contribution is 2.10. The van der Waals surface area contributed by atoms with Gasteiger partial charge in [-0.1, -0.05) is 54.6 Å². The van der Waals surface area contributed by atoms with Crippen molar-refractivity contribution >= 4 is 5.96 Å². The SMILES string of the molecule is CN=C(NCCCc1ccccc1)NCc1ccc(CN2CCCN(C)CC2)cc1. The van der Waals surface area contributed by atoms with E-state index in [4.69, 9.17) is 0 Å². The van der Waals surface area contributed by atoms with Gasteiger partial charge in [0.2, 0.25) is 0 Å². The lowest BCUT2D eigenvalue weighted by Crippen LogP contribution is -2.37. The minimum Gasteiger partial charge on any atom is -0.356 e. The highest BCUT2D eigenvalue weighted by Gasteiger charge is 2.12. The fourth-order valence-corrected chi connectivity index (χ4v) is 3.83. The Morgan fingerprint density at radius 1 is 0.867 bits per heavy atom. The van der Waals surface area contributed by atoms with Crippen LogP contribution in [-0.4, -0.2) is 62.6 Å². The molecule has 0 aromatic heterocycles. The predicted molar refractivity (Wildman–Crippen MR) is 127 cm³/mol. The second-order valence-electron chi connectivity index (χ2n) is 8.19. The van der Waals surface area contributed by atoms with Crippen molar-refractivity contribution in [2.45, 2.75) is 32.4 Å². The van der Waals surface area contributed by atoms with Crippen LogP contribution in [0.5, 0.6) is 0 Å². The Bertz CT molecular complexity index is 757. The second-order valence-corrected chi connectivity index (χ2v) is 8.19. The molecule has 0 aliphatic carbocycles. The Balaban J connectivity index is 1.36. The van der Waals surface area contributed by atoms with Gasteiger partial charge in [0.25, 0.3) is 0 Å². The van der Waals surface area contributed by atoms with Crippen molar-refractivity contribution in [2.75, 3.05) is 46.8 Å². The molecule has 0 unspecified atom stereocenters. The Morgan fingerprint density at radius 3 is 2.40 bits per heavy atom. The van der Waals surface area contributed by atoms with Crippen molar-refractivity contribution in [3.8, 4) is 0 Å². The fraction of sp³-hybridized carbons (Fsp3) is 0.480. The quantitative estimate of drug-likeness (QED) is 0.401. The van der Waals surface area contributed by atoms with Crippen molar-refractivity contribution in [1.29, 1.82) is 0 Å². The molecule has 1 saturated heterocycles. The maximum absolute atomic E-state index is 4.34. The number of rotatable bonds is 8. The standard InChI is InChI=1S/C25H37N5/c1-26-25(27-15-6-10-22-8-4-3-5-9-22)28-20-23-11-13-24(14-12-23)21-30-17-7-16-29(2)18-19-30/h3-5,8-9,11-14H,6-7,10,15-21H2,1-2H3,(H2,26,27,28). The zero-order valence-electron chi connectivity index (χ0n) is 18.6. The molecule has 1 aliphatic rings. The molecule has 0 bridgehead atoms. The molecule has 1 heterocycles. The van der Waals surface area contributed by atoms with E-state index in [1.807, 2.05) is 7.05 Å². The Morgan fingerprint density at radius 2 is 1.63 bits per heavy atom. The van der Waals surface area contributed by atoms with Crippen LogP contribution < -0.4 is 10.6 Å². The van der Waals surface area contributed by atoms with Crippen LogP contribution in [0.4, 0.5) is 0 Å². The topological polar surface area (TPSA) is 42.9 Å². The van der Waals surface area contributed by atoms with Gasteiger partial charge >= 0.3 is 0 Å². The van der Waals surface area contributed by atoms with Gasteiger partial charge in [-0.2, -0.15) is 0 Å². The lowest BCUT2D eigenvalue weighted by molar-refractivity contribution is 0.269. The van der Waals surface area contributed by atoms with Gasteiger partial charge in [-0.15, -0.1) is 0 Å². The summed E-state index contributed by atoms with van der Waals surface area (Å²) in [4.78, 5) is 9.34. The molecular weight excluding hydrogens is 370 g/mol. The van der Waals surface area contributed by atoms with Gasteiger partial charge in [0.15, 0.2) is 5.96 Å². The summed E-state index contributed by atoms with van der Waals surface area (Å²) < 4.78 is 0. The van der Waals surface area contributed by atoms with Crippen molar-refractivity contribution in [3.63, 3.8) is 0 Å². The molecule has 30 heavy (non-hydrogen) atoms. The number of aryl methyl sites for hydroxylation is 1. The third-order valence-corrected chi connectivity index (χ3v) is 5.70. The molecule has 0 radical (unpaired) electrons. The third kappa shape index (κ3) is 7.81. The average Bonchev–Trinajstić information content (AvgIpc) is 2.99. The van der Waals surface area contributed by atoms with E-state index in [0.717, 1.165) is 45.0 Å². The second kappa shape index (κ2) is 12.4. The first-order valence-electron chi connectivity index (χ1n) is 11.2. The van der Waals surface area contributed by atoms with E-state index < -0.39 is 0 Å². The number of nitrogens with one attached hydrogen (secondary N) is 2. The summed E-state index contributed by atoms with van der Waals surface area (Å²) in [6.07, 6.45) is 3.43. The summed E-state index contributed by atoms with van der Waals surface area (Å²) in [6.45, 7) is 7.48. The maximum atomic E-state index is 4.34. The zero-order chi connectivity index (χ0) is 21.0. The smallest absolute Gasteiger partial charge is 0.191 e. The van der Waals surface area contributed by atoms with Crippen LogP contribution in [-0.2, 0) is 19.5 Å². The predicted octanol–water partition coefficient (Wildman–Crippen LogP) is 3.12. The van der Waals surface area contributed by atoms with Crippen molar-refractivity contribution < 1.29 is 0 Å². The molecule has 5 heteroatoms. The number of benzene rings is 2. The van der Waals surface area contributed by atoms with Crippen molar-refractivity contribution in [2.24, 2.45) is 4.99 Å². The van der Waals surface area contributed by atoms with Crippen LogP contribution in [0.2, 0.25) is 0 Å². The normalized spacial score (nSPS) is 16.3. The molecule has 0 spiro atoms. The zero-order valence-corrected chi connectivity index (χ0v) is 18.6. The van der Waals surface area contributed by atoms with E-state index in [2.05, 4.69) is 87.1 Å². The lowest BCUT2D eigenvalue weighted by atomic mass is 10.1. The van der Waals surface area contributed by atoms with Crippen LogP contribution in [0.3, 0.4) is 0 Å². The molecule has 1 aliphatic heterocycles. The van der Waals surface area contributed by atoms with E-state index in [0.29, 0.717) is 0 Å². The molecule has 5 nitrogen and oxygen atoms in total. The molecule has 1 fully saturated rings. The highest BCUT2D eigenvalue weighted by atomic mass is 15.2. The van der Waals surface area contributed by atoms with Gasteiger partial charge in [-0.3, -0.25) is 9.89 Å². The van der Waals surface area contributed by atoms with Gasteiger partial charge in [-0.05, 0) is 56.1 Å². The summed E-state index contributed by atoms with van der Waals surface area (Å²) in [5.41, 5.74) is 4.06. The Kier molecular flexibility index (Phi) is 9.19. The summed E-state index contributed by atoms with van der Waals surface area (Å²) in [5.74, 6) is 0.862. The van der Waals surface area contributed by atoms with E-state index in [9.17, 15) is 0 Å². The van der Waals surface area contributed by atoms with Crippen LogP contribution in [0.25, 0.3) is 0 Å². The molecule has 0 amide bonds.